The second-order valence-corrected chi connectivity index (χ2v) is 5.90. The summed E-state index contributed by atoms with van der Waals surface area (Å²) in [5.41, 5.74) is 1.56. The quantitative estimate of drug-likeness (QED) is 0.806. The predicted octanol–water partition coefficient (Wildman–Crippen LogP) is 3.24. The summed E-state index contributed by atoms with van der Waals surface area (Å²) in [7, 11) is 1.75. The standard InChI is InChI=1S/C15H19NOS/c1-17-7-6-16-9-11-8-13(11)14-10-18-15-5-3-2-4-12(14)15/h2-5,10-11,13,16H,6-9H2,1H3. The fourth-order valence-electron chi connectivity index (χ4n) is 2.60. The number of ether oxygens (including phenoxy) is 1. The zero-order valence-electron chi connectivity index (χ0n) is 10.7. The fraction of sp³-hybridized carbons (Fsp3) is 0.467. The van der Waals surface area contributed by atoms with E-state index in [2.05, 4.69) is 35.0 Å². The number of thiophene rings is 1. The van der Waals surface area contributed by atoms with Crippen molar-refractivity contribution in [3.05, 3.63) is 35.2 Å². The third kappa shape index (κ3) is 2.44. The van der Waals surface area contributed by atoms with Crippen molar-refractivity contribution in [2.24, 2.45) is 5.92 Å². The minimum absolute atomic E-state index is 0.774. The molecule has 0 bridgehead atoms. The largest absolute Gasteiger partial charge is 0.383 e. The lowest BCUT2D eigenvalue weighted by Gasteiger charge is -2.03. The molecule has 96 valence electrons. The minimum Gasteiger partial charge on any atom is -0.383 e. The van der Waals surface area contributed by atoms with E-state index >= 15 is 0 Å². The van der Waals surface area contributed by atoms with Crippen molar-refractivity contribution in [3.8, 4) is 0 Å². The van der Waals surface area contributed by atoms with Gasteiger partial charge in [0.05, 0.1) is 6.61 Å². The van der Waals surface area contributed by atoms with Crippen molar-refractivity contribution < 1.29 is 4.74 Å². The second kappa shape index (κ2) is 5.39. The van der Waals surface area contributed by atoms with Gasteiger partial charge >= 0.3 is 0 Å². The smallest absolute Gasteiger partial charge is 0.0587 e. The molecule has 1 N–H and O–H groups in total. The summed E-state index contributed by atoms with van der Waals surface area (Å²) in [5, 5.41) is 7.28. The van der Waals surface area contributed by atoms with Crippen LogP contribution in [-0.2, 0) is 4.74 Å². The lowest BCUT2D eigenvalue weighted by atomic mass is 10.1. The average molecular weight is 261 g/mol. The van der Waals surface area contributed by atoms with E-state index in [1.807, 2.05) is 11.3 Å². The first-order chi connectivity index (χ1) is 8.90. The maximum atomic E-state index is 5.04. The predicted molar refractivity (Wildman–Crippen MR) is 77.4 cm³/mol. The zero-order valence-corrected chi connectivity index (χ0v) is 11.5. The molecule has 1 aliphatic carbocycles. The highest BCUT2D eigenvalue weighted by atomic mass is 32.1. The lowest BCUT2D eigenvalue weighted by molar-refractivity contribution is 0.199. The molecule has 1 aliphatic rings. The molecular formula is C15H19NOS. The molecule has 1 saturated carbocycles. The van der Waals surface area contributed by atoms with E-state index in [1.54, 1.807) is 12.7 Å². The van der Waals surface area contributed by atoms with Crippen LogP contribution in [0.4, 0.5) is 0 Å². The van der Waals surface area contributed by atoms with E-state index in [0.29, 0.717) is 0 Å². The first-order valence-corrected chi connectivity index (χ1v) is 7.44. The van der Waals surface area contributed by atoms with Gasteiger partial charge in [0.2, 0.25) is 0 Å². The van der Waals surface area contributed by atoms with Gasteiger partial charge in [-0.05, 0) is 47.2 Å². The molecular weight excluding hydrogens is 242 g/mol. The summed E-state index contributed by atoms with van der Waals surface area (Å²) in [6.45, 7) is 2.89. The van der Waals surface area contributed by atoms with Crippen molar-refractivity contribution in [3.63, 3.8) is 0 Å². The Morgan fingerprint density at radius 1 is 1.39 bits per heavy atom. The second-order valence-electron chi connectivity index (χ2n) is 4.99. The molecule has 0 aliphatic heterocycles. The Bertz CT molecular complexity index is 522. The monoisotopic (exact) mass is 261 g/mol. The van der Waals surface area contributed by atoms with Crippen LogP contribution in [0, 0.1) is 5.92 Å². The Morgan fingerprint density at radius 3 is 3.17 bits per heavy atom. The summed E-state index contributed by atoms with van der Waals surface area (Å²) < 4.78 is 6.46. The van der Waals surface area contributed by atoms with Crippen LogP contribution in [0.25, 0.3) is 10.1 Å². The van der Waals surface area contributed by atoms with Gasteiger partial charge in [-0.25, -0.2) is 0 Å². The maximum Gasteiger partial charge on any atom is 0.0587 e. The van der Waals surface area contributed by atoms with E-state index in [-0.39, 0.29) is 0 Å². The topological polar surface area (TPSA) is 21.3 Å². The summed E-state index contributed by atoms with van der Waals surface area (Å²) in [6.07, 6.45) is 1.33. The lowest BCUT2D eigenvalue weighted by Crippen LogP contribution is -2.21. The Hall–Kier alpha value is -0.900. The SMILES string of the molecule is COCCNCC1CC1c1csc2ccccc12. The highest BCUT2D eigenvalue weighted by Crippen LogP contribution is 2.50. The van der Waals surface area contributed by atoms with E-state index in [0.717, 1.165) is 31.5 Å². The van der Waals surface area contributed by atoms with Gasteiger partial charge in [0.1, 0.15) is 0 Å². The number of fused-ring (bicyclic) bond motifs is 1. The van der Waals surface area contributed by atoms with Crippen molar-refractivity contribution in [1.82, 2.24) is 5.32 Å². The van der Waals surface area contributed by atoms with Gasteiger partial charge in [-0.15, -0.1) is 11.3 Å². The van der Waals surface area contributed by atoms with Gasteiger partial charge in [-0.1, -0.05) is 18.2 Å². The minimum atomic E-state index is 0.774. The molecule has 3 heteroatoms. The van der Waals surface area contributed by atoms with E-state index < -0.39 is 0 Å². The van der Waals surface area contributed by atoms with Gasteiger partial charge in [0, 0.05) is 18.4 Å². The maximum absolute atomic E-state index is 5.04. The molecule has 0 spiro atoms. The summed E-state index contributed by atoms with van der Waals surface area (Å²) in [5.74, 6) is 1.59. The van der Waals surface area contributed by atoms with Crippen LogP contribution in [0.2, 0.25) is 0 Å². The van der Waals surface area contributed by atoms with Gasteiger partial charge in [-0.2, -0.15) is 0 Å². The fourth-order valence-corrected chi connectivity index (χ4v) is 3.63. The number of nitrogens with one attached hydrogen (secondary N) is 1. The van der Waals surface area contributed by atoms with Crippen LogP contribution in [-0.4, -0.2) is 26.8 Å². The molecule has 0 radical (unpaired) electrons. The molecule has 2 unspecified atom stereocenters. The molecule has 1 aromatic carbocycles. The molecule has 18 heavy (non-hydrogen) atoms. The molecule has 0 saturated heterocycles. The van der Waals surface area contributed by atoms with E-state index in [1.165, 1.54) is 16.5 Å². The molecule has 1 fully saturated rings. The number of hydrogen-bond acceptors (Lipinski definition) is 3. The van der Waals surface area contributed by atoms with Gasteiger partial charge in [-0.3, -0.25) is 0 Å². The van der Waals surface area contributed by atoms with Crippen LogP contribution in [0.5, 0.6) is 0 Å². The van der Waals surface area contributed by atoms with Gasteiger partial charge < -0.3 is 10.1 Å². The molecule has 3 rings (SSSR count). The van der Waals surface area contributed by atoms with Crippen LogP contribution in [0.1, 0.15) is 17.9 Å². The number of hydrogen-bond donors (Lipinski definition) is 1. The molecule has 2 aromatic rings. The highest BCUT2D eigenvalue weighted by molar-refractivity contribution is 7.17. The van der Waals surface area contributed by atoms with Crippen LogP contribution in [0.15, 0.2) is 29.6 Å². The Balaban J connectivity index is 1.60. The molecule has 1 heterocycles. The Morgan fingerprint density at radius 2 is 2.28 bits per heavy atom. The van der Waals surface area contributed by atoms with Crippen molar-refractivity contribution in [2.45, 2.75) is 12.3 Å². The van der Waals surface area contributed by atoms with Crippen LogP contribution >= 0.6 is 11.3 Å². The van der Waals surface area contributed by atoms with E-state index in [9.17, 15) is 0 Å². The van der Waals surface area contributed by atoms with Gasteiger partial charge in [0.25, 0.3) is 0 Å². The van der Waals surface area contributed by atoms with Crippen LogP contribution in [0.3, 0.4) is 0 Å². The zero-order chi connectivity index (χ0) is 12.4. The Labute approximate surface area is 112 Å². The average Bonchev–Trinajstić information content (AvgIpc) is 3.04. The first kappa shape index (κ1) is 12.2. The van der Waals surface area contributed by atoms with Crippen molar-refractivity contribution >= 4 is 21.4 Å². The Kier molecular flexibility index (Phi) is 3.64. The number of benzene rings is 1. The van der Waals surface area contributed by atoms with Crippen molar-refractivity contribution in [2.75, 3.05) is 26.8 Å². The highest BCUT2D eigenvalue weighted by Gasteiger charge is 2.38. The first-order valence-electron chi connectivity index (χ1n) is 6.56. The van der Waals surface area contributed by atoms with Crippen molar-refractivity contribution in [1.29, 1.82) is 0 Å². The summed E-state index contributed by atoms with van der Waals surface area (Å²) >= 11 is 1.88. The summed E-state index contributed by atoms with van der Waals surface area (Å²) in [4.78, 5) is 0. The molecule has 2 nitrogen and oxygen atoms in total. The third-order valence-corrected chi connectivity index (χ3v) is 4.70. The molecule has 0 amide bonds. The normalized spacial score (nSPS) is 22.5. The number of rotatable bonds is 6. The van der Waals surface area contributed by atoms with Crippen LogP contribution < -0.4 is 5.32 Å². The molecule has 2 atom stereocenters. The third-order valence-electron chi connectivity index (χ3n) is 3.72. The van der Waals surface area contributed by atoms with Gasteiger partial charge in [0.15, 0.2) is 0 Å². The number of methoxy groups -OCH3 is 1. The summed E-state index contributed by atoms with van der Waals surface area (Å²) in [6, 6.07) is 8.75. The molecule has 1 aromatic heterocycles. The van der Waals surface area contributed by atoms with E-state index in [4.69, 9.17) is 4.74 Å².